The van der Waals surface area contributed by atoms with Crippen LogP contribution in [0, 0.1) is 5.92 Å². The molecule has 1 aliphatic carbocycles. The Kier molecular flexibility index (Phi) is 4.02. The predicted octanol–water partition coefficient (Wildman–Crippen LogP) is 1.93. The lowest BCUT2D eigenvalue weighted by Crippen LogP contribution is -2.28. The molecule has 2 heteroatoms. The van der Waals surface area contributed by atoms with Gasteiger partial charge >= 0.3 is 0 Å². The van der Waals surface area contributed by atoms with Gasteiger partial charge in [-0.15, -0.1) is 0 Å². The normalized spacial score (nSPS) is 33.2. The van der Waals surface area contributed by atoms with Gasteiger partial charge in [-0.3, -0.25) is 0 Å². The molecule has 0 unspecified atom stereocenters. The minimum Gasteiger partial charge on any atom is -0.377 e. The zero-order valence-electron chi connectivity index (χ0n) is 8.25. The minimum absolute atomic E-state index is 0.185. The number of ether oxygens (including phenoxy) is 1. The van der Waals surface area contributed by atoms with E-state index in [0.717, 1.165) is 12.5 Å². The van der Waals surface area contributed by atoms with Crippen molar-refractivity contribution < 1.29 is 4.74 Å². The summed E-state index contributed by atoms with van der Waals surface area (Å²) < 4.78 is 5.67. The smallest absolute Gasteiger partial charge is 0.0618 e. The molecular weight excluding hydrogens is 150 g/mol. The monoisotopic (exact) mass is 171 g/mol. The second-order valence-electron chi connectivity index (χ2n) is 4.19. The minimum atomic E-state index is 0.185. The number of rotatable bonds is 3. The first-order valence-electron chi connectivity index (χ1n) is 5.05. The van der Waals surface area contributed by atoms with Crippen molar-refractivity contribution in [3.8, 4) is 0 Å². The van der Waals surface area contributed by atoms with Gasteiger partial charge in [-0.05, 0) is 38.5 Å². The Hall–Kier alpha value is -0.0800. The van der Waals surface area contributed by atoms with Gasteiger partial charge in [0.1, 0.15) is 0 Å². The first-order valence-corrected chi connectivity index (χ1v) is 5.05. The standard InChI is InChI=1S/C10H21NO/c1-8-3-5-10(6-4-8)12-7-9(2)11/h8-10H,3-7,11H2,1-2H3/t8?,9-,10?/m1/s1. The lowest BCUT2D eigenvalue weighted by Gasteiger charge is -2.26. The molecule has 72 valence electrons. The van der Waals surface area contributed by atoms with Crippen LogP contribution in [0.25, 0.3) is 0 Å². The molecule has 0 aromatic rings. The van der Waals surface area contributed by atoms with Gasteiger partial charge < -0.3 is 10.5 Å². The second kappa shape index (κ2) is 4.83. The SMILES string of the molecule is CC1CCC(OC[C@@H](C)N)CC1. The number of hydrogen-bond donors (Lipinski definition) is 1. The molecule has 1 atom stereocenters. The second-order valence-corrected chi connectivity index (χ2v) is 4.19. The Bertz CT molecular complexity index is 117. The Labute approximate surface area is 75.5 Å². The van der Waals surface area contributed by atoms with Crippen LogP contribution >= 0.6 is 0 Å². The van der Waals surface area contributed by atoms with Gasteiger partial charge in [0.15, 0.2) is 0 Å². The van der Waals surface area contributed by atoms with Gasteiger partial charge in [-0.25, -0.2) is 0 Å². The summed E-state index contributed by atoms with van der Waals surface area (Å²) >= 11 is 0. The van der Waals surface area contributed by atoms with Gasteiger partial charge in [0.05, 0.1) is 12.7 Å². The fourth-order valence-electron chi connectivity index (χ4n) is 1.68. The topological polar surface area (TPSA) is 35.2 Å². The number of nitrogens with two attached hydrogens (primary N) is 1. The van der Waals surface area contributed by atoms with Crippen LogP contribution in [0.15, 0.2) is 0 Å². The Morgan fingerprint density at radius 3 is 2.42 bits per heavy atom. The van der Waals surface area contributed by atoms with Crippen LogP contribution in [0.2, 0.25) is 0 Å². The van der Waals surface area contributed by atoms with Crippen LogP contribution in [0.3, 0.4) is 0 Å². The van der Waals surface area contributed by atoms with E-state index in [1.54, 1.807) is 0 Å². The molecule has 0 spiro atoms. The highest BCUT2D eigenvalue weighted by atomic mass is 16.5. The molecule has 0 aliphatic heterocycles. The first-order chi connectivity index (χ1) is 5.68. The third-order valence-electron chi connectivity index (χ3n) is 2.56. The van der Waals surface area contributed by atoms with Crippen molar-refractivity contribution in [2.75, 3.05) is 6.61 Å². The van der Waals surface area contributed by atoms with Crippen LogP contribution in [-0.4, -0.2) is 18.8 Å². The Balaban J connectivity index is 2.09. The molecule has 1 aliphatic rings. The quantitative estimate of drug-likeness (QED) is 0.704. The summed E-state index contributed by atoms with van der Waals surface area (Å²) in [6.07, 6.45) is 5.60. The van der Waals surface area contributed by atoms with Gasteiger partial charge in [-0.2, -0.15) is 0 Å². The summed E-state index contributed by atoms with van der Waals surface area (Å²) in [6, 6.07) is 0.185. The lowest BCUT2D eigenvalue weighted by molar-refractivity contribution is 0.0147. The van der Waals surface area contributed by atoms with Crippen LogP contribution in [-0.2, 0) is 4.74 Å². The molecule has 0 radical (unpaired) electrons. The molecule has 0 aromatic carbocycles. The van der Waals surface area contributed by atoms with Crippen molar-refractivity contribution in [1.29, 1.82) is 0 Å². The molecule has 0 aromatic heterocycles. The van der Waals surface area contributed by atoms with Crippen molar-refractivity contribution >= 4 is 0 Å². The van der Waals surface area contributed by atoms with Crippen molar-refractivity contribution in [1.82, 2.24) is 0 Å². The van der Waals surface area contributed by atoms with E-state index >= 15 is 0 Å². The third kappa shape index (κ3) is 3.55. The fourth-order valence-corrected chi connectivity index (χ4v) is 1.68. The largest absolute Gasteiger partial charge is 0.377 e. The highest BCUT2D eigenvalue weighted by Gasteiger charge is 2.18. The molecule has 0 bridgehead atoms. The predicted molar refractivity (Wildman–Crippen MR) is 51.0 cm³/mol. The summed E-state index contributed by atoms with van der Waals surface area (Å²) in [6.45, 7) is 5.03. The molecule has 0 heterocycles. The van der Waals surface area contributed by atoms with Crippen LogP contribution in [0.4, 0.5) is 0 Å². The van der Waals surface area contributed by atoms with Gasteiger partial charge in [0, 0.05) is 6.04 Å². The number of hydrogen-bond acceptors (Lipinski definition) is 2. The van der Waals surface area contributed by atoms with Crippen molar-refractivity contribution in [2.24, 2.45) is 11.7 Å². The van der Waals surface area contributed by atoms with Gasteiger partial charge in [-0.1, -0.05) is 6.92 Å². The van der Waals surface area contributed by atoms with E-state index in [1.165, 1.54) is 25.7 Å². The van der Waals surface area contributed by atoms with Crippen LogP contribution in [0.5, 0.6) is 0 Å². The molecule has 1 rings (SSSR count). The van der Waals surface area contributed by atoms with Gasteiger partial charge in [0.25, 0.3) is 0 Å². The average molecular weight is 171 g/mol. The maximum Gasteiger partial charge on any atom is 0.0618 e. The molecule has 0 amide bonds. The summed E-state index contributed by atoms with van der Waals surface area (Å²) in [7, 11) is 0. The van der Waals surface area contributed by atoms with E-state index in [9.17, 15) is 0 Å². The molecular formula is C10H21NO. The Morgan fingerprint density at radius 1 is 1.33 bits per heavy atom. The summed E-state index contributed by atoms with van der Waals surface area (Å²) in [5, 5.41) is 0. The Morgan fingerprint density at radius 2 is 1.92 bits per heavy atom. The highest BCUT2D eigenvalue weighted by Crippen LogP contribution is 2.25. The van der Waals surface area contributed by atoms with E-state index in [0.29, 0.717) is 6.10 Å². The highest BCUT2D eigenvalue weighted by molar-refractivity contribution is 4.70. The van der Waals surface area contributed by atoms with E-state index in [2.05, 4.69) is 6.92 Å². The van der Waals surface area contributed by atoms with Crippen molar-refractivity contribution in [3.63, 3.8) is 0 Å². The molecule has 2 nitrogen and oxygen atoms in total. The van der Waals surface area contributed by atoms with E-state index < -0.39 is 0 Å². The average Bonchev–Trinajstić information content (AvgIpc) is 2.03. The van der Waals surface area contributed by atoms with E-state index in [-0.39, 0.29) is 6.04 Å². The maximum atomic E-state index is 5.67. The molecule has 0 saturated heterocycles. The van der Waals surface area contributed by atoms with Crippen molar-refractivity contribution in [3.05, 3.63) is 0 Å². The maximum absolute atomic E-state index is 5.67. The summed E-state index contributed by atoms with van der Waals surface area (Å²) in [5.41, 5.74) is 5.61. The van der Waals surface area contributed by atoms with Gasteiger partial charge in [0.2, 0.25) is 0 Å². The molecule has 2 N–H and O–H groups in total. The summed E-state index contributed by atoms with van der Waals surface area (Å²) in [4.78, 5) is 0. The zero-order valence-corrected chi connectivity index (χ0v) is 8.25. The molecule has 1 fully saturated rings. The summed E-state index contributed by atoms with van der Waals surface area (Å²) in [5.74, 6) is 0.903. The van der Waals surface area contributed by atoms with Crippen LogP contribution in [0.1, 0.15) is 39.5 Å². The van der Waals surface area contributed by atoms with Crippen molar-refractivity contribution in [2.45, 2.75) is 51.7 Å². The third-order valence-corrected chi connectivity index (χ3v) is 2.56. The zero-order chi connectivity index (χ0) is 8.97. The van der Waals surface area contributed by atoms with E-state index in [1.807, 2.05) is 6.92 Å². The molecule has 1 saturated carbocycles. The van der Waals surface area contributed by atoms with E-state index in [4.69, 9.17) is 10.5 Å². The fraction of sp³-hybridized carbons (Fsp3) is 1.00. The lowest BCUT2D eigenvalue weighted by atomic mass is 9.89. The van der Waals surface area contributed by atoms with Crippen LogP contribution < -0.4 is 5.73 Å². The molecule has 12 heavy (non-hydrogen) atoms. The first kappa shape index (κ1) is 10.0.